The lowest BCUT2D eigenvalue weighted by molar-refractivity contribution is -0.125. The molecule has 2 aromatic rings. The number of carbonyl (C=O) groups excluding carboxylic acids is 2. The van der Waals surface area contributed by atoms with Gasteiger partial charge in [-0.1, -0.05) is 0 Å². The van der Waals surface area contributed by atoms with Crippen LogP contribution in [0.4, 0.5) is 4.39 Å². The Balaban J connectivity index is 1.71. The van der Waals surface area contributed by atoms with E-state index in [9.17, 15) is 18.8 Å². The molecule has 1 aromatic heterocycles. The molecule has 2 N–H and O–H groups in total. The van der Waals surface area contributed by atoms with Crippen molar-refractivity contribution < 1.29 is 28.3 Å². The van der Waals surface area contributed by atoms with Gasteiger partial charge in [-0.25, -0.2) is 9.18 Å². The fraction of sp³-hybridized carbons (Fsp3) is 0.278. The van der Waals surface area contributed by atoms with E-state index in [1.54, 1.807) is 12.1 Å². The SMILES string of the molecule is O=C(O)c1ccc(C(=O)N2CCCC2C(=O)NCc2ccco2)c(F)c1. The minimum atomic E-state index is -1.28. The molecule has 0 bridgehead atoms. The van der Waals surface area contributed by atoms with Crippen molar-refractivity contribution in [3.63, 3.8) is 0 Å². The van der Waals surface area contributed by atoms with Gasteiger partial charge in [0, 0.05) is 6.54 Å². The third-order valence-electron chi connectivity index (χ3n) is 4.28. The van der Waals surface area contributed by atoms with Crippen molar-refractivity contribution >= 4 is 17.8 Å². The maximum absolute atomic E-state index is 14.2. The molecule has 1 fully saturated rings. The summed E-state index contributed by atoms with van der Waals surface area (Å²) in [5.41, 5.74) is -0.492. The van der Waals surface area contributed by atoms with E-state index in [1.165, 1.54) is 17.2 Å². The zero-order valence-corrected chi connectivity index (χ0v) is 13.8. The smallest absolute Gasteiger partial charge is 0.335 e. The summed E-state index contributed by atoms with van der Waals surface area (Å²) in [4.78, 5) is 37.2. The molecule has 0 aliphatic carbocycles. The first kappa shape index (κ1) is 17.7. The molecule has 1 aromatic carbocycles. The van der Waals surface area contributed by atoms with Crippen LogP contribution in [-0.2, 0) is 11.3 Å². The van der Waals surface area contributed by atoms with Crippen molar-refractivity contribution in [1.29, 1.82) is 0 Å². The number of hydrogen-bond donors (Lipinski definition) is 2. The Morgan fingerprint density at radius 1 is 1.31 bits per heavy atom. The summed E-state index contributed by atoms with van der Waals surface area (Å²) in [6, 6.07) is 5.83. The third kappa shape index (κ3) is 3.58. The van der Waals surface area contributed by atoms with Crippen molar-refractivity contribution in [3.05, 3.63) is 59.3 Å². The molecular formula is C18H17FN2O5. The highest BCUT2D eigenvalue weighted by atomic mass is 19.1. The van der Waals surface area contributed by atoms with Crippen molar-refractivity contribution in [1.82, 2.24) is 10.2 Å². The normalized spacial score (nSPS) is 16.5. The fourth-order valence-corrected chi connectivity index (χ4v) is 2.96. The van der Waals surface area contributed by atoms with Crippen LogP contribution in [0, 0.1) is 5.82 Å². The largest absolute Gasteiger partial charge is 0.478 e. The topological polar surface area (TPSA) is 99.9 Å². The van der Waals surface area contributed by atoms with E-state index in [-0.39, 0.29) is 23.6 Å². The van der Waals surface area contributed by atoms with Crippen LogP contribution < -0.4 is 5.32 Å². The van der Waals surface area contributed by atoms with Crippen LogP contribution in [0.5, 0.6) is 0 Å². The van der Waals surface area contributed by atoms with Gasteiger partial charge < -0.3 is 19.7 Å². The van der Waals surface area contributed by atoms with Gasteiger partial charge in [0.05, 0.1) is 23.9 Å². The maximum atomic E-state index is 14.2. The van der Waals surface area contributed by atoms with E-state index >= 15 is 0 Å². The standard InChI is InChI=1S/C18H17FN2O5/c19-14-9-11(18(24)25)5-6-13(14)17(23)21-7-1-4-15(21)16(22)20-10-12-3-2-8-26-12/h2-3,5-6,8-9,15H,1,4,7,10H2,(H,20,22)(H,24,25). The molecule has 1 unspecified atom stereocenters. The van der Waals surface area contributed by atoms with Gasteiger partial charge in [-0.2, -0.15) is 0 Å². The monoisotopic (exact) mass is 360 g/mol. The number of nitrogens with zero attached hydrogens (tertiary/aromatic N) is 1. The number of hydrogen-bond acceptors (Lipinski definition) is 4. The average molecular weight is 360 g/mol. The minimum Gasteiger partial charge on any atom is -0.478 e. The van der Waals surface area contributed by atoms with Crippen molar-refractivity contribution in [2.45, 2.75) is 25.4 Å². The van der Waals surface area contributed by atoms with Gasteiger partial charge in [-0.15, -0.1) is 0 Å². The molecule has 2 amide bonds. The lowest BCUT2D eigenvalue weighted by Crippen LogP contribution is -2.45. The number of rotatable bonds is 5. The molecule has 3 rings (SSSR count). The maximum Gasteiger partial charge on any atom is 0.335 e. The average Bonchev–Trinajstić information content (AvgIpc) is 3.30. The van der Waals surface area contributed by atoms with E-state index in [4.69, 9.17) is 9.52 Å². The lowest BCUT2D eigenvalue weighted by Gasteiger charge is -2.24. The summed E-state index contributed by atoms with van der Waals surface area (Å²) in [6.07, 6.45) is 2.60. The molecule has 2 heterocycles. The second kappa shape index (κ2) is 7.38. The number of nitrogens with one attached hydrogen (secondary N) is 1. The van der Waals surface area contributed by atoms with Gasteiger partial charge in [0.25, 0.3) is 5.91 Å². The summed E-state index contributed by atoms with van der Waals surface area (Å²) < 4.78 is 19.3. The highest BCUT2D eigenvalue weighted by molar-refractivity contribution is 5.99. The molecule has 1 saturated heterocycles. The number of amides is 2. The Morgan fingerprint density at radius 3 is 2.77 bits per heavy atom. The molecule has 8 heteroatoms. The Labute approximate surface area is 148 Å². The quantitative estimate of drug-likeness (QED) is 0.850. The first-order valence-electron chi connectivity index (χ1n) is 8.11. The van der Waals surface area contributed by atoms with Gasteiger partial charge in [0.2, 0.25) is 5.91 Å². The number of carbonyl (C=O) groups is 3. The summed E-state index contributed by atoms with van der Waals surface area (Å²) in [7, 11) is 0. The number of carboxylic acid groups (broad SMARTS) is 1. The lowest BCUT2D eigenvalue weighted by atomic mass is 10.1. The van der Waals surface area contributed by atoms with Crippen molar-refractivity contribution in [3.8, 4) is 0 Å². The van der Waals surface area contributed by atoms with Gasteiger partial charge in [-0.3, -0.25) is 9.59 Å². The highest BCUT2D eigenvalue weighted by Gasteiger charge is 2.35. The minimum absolute atomic E-state index is 0.200. The van der Waals surface area contributed by atoms with Gasteiger partial charge >= 0.3 is 5.97 Å². The number of halogens is 1. The van der Waals surface area contributed by atoms with Crippen LogP contribution in [0.3, 0.4) is 0 Å². The van der Waals surface area contributed by atoms with Crippen LogP contribution in [-0.4, -0.2) is 40.4 Å². The van der Waals surface area contributed by atoms with Gasteiger partial charge in [0.1, 0.15) is 17.6 Å². The fourth-order valence-electron chi connectivity index (χ4n) is 2.96. The van der Waals surface area contributed by atoms with Crippen LogP contribution in [0.1, 0.15) is 39.3 Å². The molecule has 7 nitrogen and oxygen atoms in total. The van der Waals surface area contributed by atoms with E-state index in [0.717, 1.165) is 12.1 Å². The number of aromatic carboxylic acids is 1. The summed E-state index contributed by atoms with van der Waals surface area (Å²) >= 11 is 0. The van der Waals surface area contributed by atoms with E-state index in [0.29, 0.717) is 25.1 Å². The molecule has 0 spiro atoms. The van der Waals surface area contributed by atoms with E-state index in [2.05, 4.69) is 5.32 Å². The molecule has 1 aliphatic heterocycles. The number of likely N-dealkylation sites (tertiary alicyclic amines) is 1. The predicted molar refractivity (Wildman–Crippen MR) is 88.0 cm³/mol. The molecule has 26 heavy (non-hydrogen) atoms. The highest BCUT2D eigenvalue weighted by Crippen LogP contribution is 2.22. The second-order valence-corrected chi connectivity index (χ2v) is 5.95. The van der Waals surface area contributed by atoms with Gasteiger partial charge in [0.15, 0.2) is 0 Å². The van der Waals surface area contributed by atoms with Crippen molar-refractivity contribution in [2.24, 2.45) is 0 Å². The predicted octanol–water partition coefficient (Wildman–Crippen LogP) is 2.04. The Morgan fingerprint density at radius 2 is 2.12 bits per heavy atom. The molecule has 0 radical (unpaired) electrons. The molecular weight excluding hydrogens is 343 g/mol. The first-order valence-corrected chi connectivity index (χ1v) is 8.11. The van der Waals surface area contributed by atoms with Crippen LogP contribution in [0.25, 0.3) is 0 Å². The molecule has 1 atom stereocenters. The molecule has 136 valence electrons. The van der Waals surface area contributed by atoms with Crippen LogP contribution >= 0.6 is 0 Å². The third-order valence-corrected chi connectivity index (χ3v) is 4.28. The summed E-state index contributed by atoms with van der Waals surface area (Å²) in [6.45, 7) is 0.532. The van der Waals surface area contributed by atoms with E-state index < -0.39 is 23.7 Å². The van der Waals surface area contributed by atoms with Crippen molar-refractivity contribution in [2.75, 3.05) is 6.54 Å². The summed E-state index contributed by atoms with van der Waals surface area (Å²) in [5, 5.41) is 11.6. The molecule has 0 saturated carbocycles. The number of carboxylic acids is 1. The first-order chi connectivity index (χ1) is 12.5. The molecule has 1 aliphatic rings. The summed E-state index contributed by atoms with van der Waals surface area (Å²) in [5.74, 6) is -2.58. The zero-order valence-electron chi connectivity index (χ0n) is 13.8. The Hall–Kier alpha value is -3.16. The zero-order chi connectivity index (χ0) is 18.7. The van der Waals surface area contributed by atoms with Crippen LogP contribution in [0.2, 0.25) is 0 Å². The Bertz CT molecular complexity index is 834. The van der Waals surface area contributed by atoms with Crippen LogP contribution in [0.15, 0.2) is 41.0 Å². The van der Waals surface area contributed by atoms with E-state index in [1.807, 2.05) is 0 Å². The van der Waals surface area contributed by atoms with Gasteiger partial charge in [-0.05, 0) is 43.2 Å². The number of benzene rings is 1. The second-order valence-electron chi connectivity index (χ2n) is 5.95. The number of furan rings is 1. The Kier molecular flexibility index (Phi) is 5.01.